The summed E-state index contributed by atoms with van der Waals surface area (Å²) < 4.78 is 2.55. The maximum atomic E-state index is 8.56. The molecule has 0 spiro atoms. The van der Waals surface area contributed by atoms with E-state index < -0.39 is 0 Å². The minimum Gasteiger partial charge on any atom is -0.388 e. The molecular formula is C4H9N4O+. The number of rotatable bonds is 1. The molecule has 0 fully saturated rings. The van der Waals surface area contributed by atoms with Gasteiger partial charge >= 0.3 is 0 Å². The first kappa shape index (κ1) is 5.90. The lowest BCUT2D eigenvalue weighted by molar-refractivity contribution is -0.638. The van der Waals surface area contributed by atoms with Gasteiger partial charge in [0.1, 0.15) is 6.61 Å². The van der Waals surface area contributed by atoms with E-state index in [1.54, 1.807) is 6.20 Å². The molecule has 1 aromatic rings. The van der Waals surface area contributed by atoms with Crippen LogP contribution in [0.4, 0.5) is 0 Å². The highest BCUT2D eigenvalue weighted by molar-refractivity contribution is 4.90. The molecule has 0 amide bonds. The van der Waals surface area contributed by atoms with E-state index in [1.807, 2.05) is 0 Å². The van der Waals surface area contributed by atoms with Gasteiger partial charge in [-0.05, 0) is 0 Å². The molecule has 1 aromatic heterocycles. The topological polar surface area (TPSA) is 81.1 Å². The molecule has 5 N–H and O–H groups in total. The average Bonchev–Trinajstić information content (AvgIpc) is 2.10. The van der Waals surface area contributed by atoms with Gasteiger partial charge in [-0.15, -0.1) is 9.35 Å². The number of hydrogen-bond acceptors (Lipinski definition) is 3. The van der Waals surface area contributed by atoms with Gasteiger partial charge in [0.2, 0.25) is 0 Å². The summed E-state index contributed by atoms with van der Waals surface area (Å²) in [5.74, 6) is 10.6. The molecule has 0 aliphatic carbocycles. The Labute approximate surface area is 52.1 Å². The third kappa shape index (κ3) is 0.945. The summed E-state index contributed by atoms with van der Waals surface area (Å²) in [5, 5.41) is 8.56. The number of imidazole rings is 1. The molecule has 0 aliphatic rings. The van der Waals surface area contributed by atoms with E-state index in [9.17, 15) is 0 Å². The fourth-order valence-corrected chi connectivity index (χ4v) is 0.612. The molecule has 9 heavy (non-hydrogen) atoms. The molecule has 0 unspecified atom stereocenters. The van der Waals surface area contributed by atoms with Crippen molar-refractivity contribution in [1.29, 1.82) is 0 Å². The second-order valence-electron chi connectivity index (χ2n) is 1.75. The summed E-state index contributed by atoms with van der Waals surface area (Å²) in [6, 6.07) is 0. The molecule has 0 aliphatic heterocycles. The van der Waals surface area contributed by atoms with Crippen LogP contribution >= 0.6 is 0 Å². The highest BCUT2D eigenvalue weighted by atomic mass is 16.3. The van der Waals surface area contributed by atoms with Crippen molar-refractivity contribution in [2.45, 2.75) is 6.61 Å². The smallest absolute Gasteiger partial charge is 0.290 e. The van der Waals surface area contributed by atoms with Crippen LogP contribution in [0.1, 0.15) is 5.69 Å². The van der Waals surface area contributed by atoms with Gasteiger partial charge in [0, 0.05) is 0 Å². The second-order valence-corrected chi connectivity index (χ2v) is 1.75. The quantitative estimate of drug-likeness (QED) is 0.294. The Kier molecular flexibility index (Phi) is 1.27. The Morgan fingerprint density at radius 3 is 2.67 bits per heavy atom. The zero-order valence-corrected chi connectivity index (χ0v) is 4.86. The first-order valence-electron chi connectivity index (χ1n) is 2.47. The zero-order chi connectivity index (χ0) is 6.85. The largest absolute Gasteiger partial charge is 0.388 e. The van der Waals surface area contributed by atoms with Crippen LogP contribution in [0.3, 0.4) is 0 Å². The van der Waals surface area contributed by atoms with Gasteiger partial charge in [0.25, 0.3) is 6.33 Å². The maximum absolute atomic E-state index is 8.56. The number of nitrogen functional groups attached to an aromatic ring is 2. The molecule has 0 radical (unpaired) electrons. The predicted octanol–water partition coefficient (Wildman–Crippen LogP) is -2.30. The molecule has 5 heteroatoms. The van der Waals surface area contributed by atoms with Crippen LogP contribution in [0.25, 0.3) is 0 Å². The van der Waals surface area contributed by atoms with E-state index in [0.717, 1.165) is 0 Å². The first-order chi connectivity index (χ1) is 4.24. The lowest BCUT2D eigenvalue weighted by atomic mass is 10.5. The van der Waals surface area contributed by atoms with E-state index in [-0.39, 0.29) is 6.61 Å². The molecule has 1 heterocycles. The molecule has 0 atom stereocenters. The van der Waals surface area contributed by atoms with Gasteiger partial charge in [-0.25, -0.2) is 0 Å². The van der Waals surface area contributed by atoms with Crippen molar-refractivity contribution >= 4 is 0 Å². The fourth-order valence-electron chi connectivity index (χ4n) is 0.612. The molecule has 5 nitrogen and oxygen atoms in total. The second kappa shape index (κ2) is 1.94. The molecule has 1 rings (SSSR count). The van der Waals surface area contributed by atoms with Crippen LogP contribution in [-0.2, 0) is 6.61 Å². The van der Waals surface area contributed by atoms with Crippen molar-refractivity contribution < 1.29 is 9.78 Å². The number of hydrogen-bond donors (Lipinski definition) is 3. The fraction of sp³-hybridized carbons (Fsp3) is 0.250. The van der Waals surface area contributed by atoms with E-state index in [2.05, 4.69) is 0 Å². The Balaban J connectivity index is 3.01. The van der Waals surface area contributed by atoms with Crippen molar-refractivity contribution in [2.75, 3.05) is 11.7 Å². The summed E-state index contributed by atoms with van der Waals surface area (Å²) in [5.41, 5.74) is 0.581. The number of aliphatic hydroxyl groups excluding tert-OH is 1. The summed E-state index contributed by atoms with van der Waals surface area (Å²) in [4.78, 5) is 0. The van der Waals surface area contributed by atoms with Crippen molar-refractivity contribution in [3.05, 3.63) is 18.2 Å². The van der Waals surface area contributed by atoms with Gasteiger partial charge < -0.3 is 5.11 Å². The Hall–Kier alpha value is -1.23. The van der Waals surface area contributed by atoms with E-state index in [1.165, 1.54) is 15.7 Å². The summed E-state index contributed by atoms with van der Waals surface area (Å²) in [6.07, 6.45) is 3.01. The van der Waals surface area contributed by atoms with Crippen LogP contribution in [0.2, 0.25) is 0 Å². The average molecular weight is 129 g/mol. The summed E-state index contributed by atoms with van der Waals surface area (Å²) >= 11 is 0. The Bertz CT molecular complexity index is 206. The van der Waals surface area contributed by atoms with Crippen LogP contribution in [0.5, 0.6) is 0 Å². The van der Waals surface area contributed by atoms with Gasteiger partial charge in [-0.3, -0.25) is 11.7 Å². The predicted molar refractivity (Wildman–Crippen MR) is 30.9 cm³/mol. The standard InChI is InChI=1S/C4H9N4O/c5-7-1-4(2-9)8(6)3-7/h1,3,9H,2,5-6H2/q+1. The van der Waals surface area contributed by atoms with Gasteiger partial charge in [0.15, 0.2) is 11.9 Å². The molecular weight excluding hydrogens is 120 g/mol. The normalized spacial score (nSPS) is 9.89. The molecule has 0 bridgehead atoms. The van der Waals surface area contributed by atoms with Crippen LogP contribution in [-0.4, -0.2) is 9.78 Å². The van der Waals surface area contributed by atoms with Gasteiger partial charge in [-0.2, -0.15) is 0 Å². The van der Waals surface area contributed by atoms with Crippen LogP contribution in [0, 0.1) is 0 Å². The summed E-state index contributed by atoms with van der Waals surface area (Å²) in [7, 11) is 0. The molecule has 0 aromatic carbocycles. The van der Waals surface area contributed by atoms with Gasteiger partial charge in [0.05, 0.1) is 0 Å². The van der Waals surface area contributed by atoms with Crippen molar-refractivity contribution in [3.63, 3.8) is 0 Å². The van der Waals surface area contributed by atoms with E-state index in [4.69, 9.17) is 16.8 Å². The van der Waals surface area contributed by atoms with E-state index >= 15 is 0 Å². The molecule has 0 saturated carbocycles. The SMILES string of the molecule is Nn1c[n+](N)cc1CO. The minimum absolute atomic E-state index is 0.0965. The Morgan fingerprint density at radius 2 is 2.44 bits per heavy atom. The molecule has 0 saturated heterocycles. The van der Waals surface area contributed by atoms with Crippen molar-refractivity contribution in [3.8, 4) is 0 Å². The summed E-state index contributed by atoms with van der Waals surface area (Å²) in [6.45, 7) is -0.0965. The Morgan fingerprint density at radius 1 is 1.78 bits per heavy atom. The van der Waals surface area contributed by atoms with E-state index in [0.29, 0.717) is 5.69 Å². The number of aromatic nitrogens is 2. The third-order valence-corrected chi connectivity index (χ3v) is 1.05. The van der Waals surface area contributed by atoms with Crippen molar-refractivity contribution in [2.24, 2.45) is 0 Å². The number of aliphatic hydroxyl groups is 1. The number of nitrogens with two attached hydrogens (primary N) is 2. The van der Waals surface area contributed by atoms with Crippen LogP contribution < -0.4 is 16.4 Å². The maximum Gasteiger partial charge on any atom is 0.290 e. The molecule has 50 valence electrons. The highest BCUT2D eigenvalue weighted by Gasteiger charge is 2.06. The number of nitrogens with zero attached hydrogens (tertiary/aromatic N) is 2. The first-order valence-corrected chi connectivity index (χ1v) is 2.47. The highest BCUT2D eigenvalue weighted by Crippen LogP contribution is 1.88. The minimum atomic E-state index is -0.0965. The lowest BCUT2D eigenvalue weighted by Crippen LogP contribution is -2.42. The van der Waals surface area contributed by atoms with Crippen molar-refractivity contribution in [1.82, 2.24) is 4.68 Å². The third-order valence-electron chi connectivity index (χ3n) is 1.05. The van der Waals surface area contributed by atoms with Crippen LogP contribution in [0.15, 0.2) is 12.5 Å². The lowest BCUT2D eigenvalue weighted by Gasteiger charge is -1.83. The van der Waals surface area contributed by atoms with Gasteiger partial charge in [-0.1, -0.05) is 0 Å². The monoisotopic (exact) mass is 129 g/mol. The zero-order valence-electron chi connectivity index (χ0n) is 4.86.